The SMILES string of the molecule is CC(C)[C@H](NC(=O)CCn1c(=O)[nH]c(=O)c2ccccc21)c1cccs1. The fourth-order valence-electron chi connectivity index (χ4n) is 2.96. The van der Waals surface area contributed by atoms with Gasteiger partial charge in [0.05, 0.1) is 16.9 Å². The van der Waals surface area contributed by atoms with Crippen LogP contribution in [-0.4, -0.2) is 15.5 Å². The van der Waals surface area contributed by atoms with E-state index in [2.05, 4.69) is 24.1 Å². The van der Waals surface area contributed by atoms with Crippen molar-refractivity contribution in [1.82, 2.24) is 14.9 Å². The number of nitrogens with one attached hydrogen (secondary N) is 2. The zero-order valence-electron chi connectivity index (χ0n) is 14.7. The molecular formula is C19H21N3O3S. The number of fused-ring (bicyclic) bond motifs is 1. The first-order valence-corrected chi connectivity index (χ1v) is 9.40. The topological polar surface area (TPSA) is 84.0 Å². The van der Waals surface area contributed by atoms with Crippen LogP contribution in [-0.2, 0) is 11.3 Å². The predicted octanol–water partition coefficient (Wildman–Crippen LogP) is 2.65. The van der Waals surface area contributed by atoms with E-state index < -0.39 is 11.2 Å². The van der Waals surface area contributed by atoms with Gasteiger partial charge in [-0.2, -0.15) is 0 Å². The number of amides is 1. The summed E-state index contributed by atoms with van der Waals surface area (Å²) in [6, 6.07) is 10.8. The molecule has 26 heavy (non-hydrogen) atoms. The van der Waals surface area contributed by atoms with E-state index in [9.17, 15) is 14.4 Å². The molecular weight excluding hydrogens is 350 g/mol. The highest BCUT2D eigenvalue weighted by atomic mass is 32.1. The van der Waals surface area contributed by atoms with E-state index in [-0.39, 0.29) is 30.8 Å². The largest absolute Gasteiger partial charge is 0.348 e. The third-order valence-corrected chi connectivity index (χ3v) is 5.26. The van der Waals surface area contributed by atoms with Crippen LogP contribution in [0.1, 0.15) is 31.2 Å². The molecule has 1 amide bonds. The van der Waals surface area contributed by atoms with Gasteiger partial charge in [-0.25, -0.2) is 4.79 Å². The van der Waals surface area contributed by atoms with E-state index >= 15 is 0 Å². The molecule has 0 radical (unpaired) electrons. The van der Waals surface area contributed by atoms with Crippen LogP contribution in [0.2, 0.25) is 0 Å². The van der Waals surface area contributed by atoms with Crippen molar-refractivity contribution >= 4 is 28.1 Å². The zero-order valence-corrected chi connectivity index (χ0v) is 15.5. The van der Waals surface area contributed by atoms with Crippen LogP contribution in [0.25, 0.3) is 10.9 Å². The van der Waals surface area contributed by atoms with Crippen molar-refractivity contribution in [2.45, 2.75) is 32.9 Å². The van der Waals surface area contributed by atoms with Gasteiger partial charge < -0.3 is 5.32 Å². The Hall–Kier alpha value is -2.67. The Morgan fingerprint density at radius 1 is 1.19 bits per heavy atom. The van der Waals surface area contributed by atoms with Crippen LogP contribution in [0.4, 0.5) is 0 Å². The van der Waals surface area contributed by atoms with Gasteiger partial charge in [0, 0.05) is 17.8 Å². The molecule has 6 nitrogen and oxygen atoms in total. The third-order valence-electron chi connectivity index (χ3n) is 4.30. The molecule has 0 aliphatic heterocycles. The Bertz CT molecular complexity index is 1020. The van der Waals surface area contributed by atoms with Gasteiger partial charge in [-0.3, -0.25) is 19.1 Å². The maximum absolute atomic E-state index is 12.4. The van der Waals surface area contributed by atoms with Gasteiger partial charge in [-0.1, -0.05) is 32.0 Å². The van der Waals surface area contributed by atoms with Crippen LogP contribution in [0, 0.1) is 5.92 Å². The highest BCUT2D eigenvalue weighted by molar-refractivity contribution is 7.10. The summed E-state index contributed by atoms with van der Waals surface area (Å²) >= 11 is 1.61. The Kier molecular flexibility index (Phi) is 5.37. The summed E-state index contributed by atoms with van der Waals surface area (Å²) in [6.07, 6.45) is 0.157. The standard InChI is InChI=1S/C19H21N3O3S/c1-12(2)17(15-8-5-11-26-15)20-16(23)9-10-22-14-7-4-3-6-13(14)18(24)21-19(22)25/h3-8,11-12,17H,9-10H2,1-2H3,(H,20,23)(H,21,24,25)/t17-/m0/s1. The molecule has 2 aromatic heterocycles. The lowest BCUT2D eigenvalue weighted by Crippen LogP contribution is -2.34. The van der Waals surface area contributed by atoms with E-state index in [1.807, 2.05) is 17.5 Å². The fraction of sp³-hybridized carbons (Fsp3) is 0.316. The van der Waals surface area contributed by atoms with Crippen LogP contribution < -0.4 is 16.6 Å². The molecule has 1 atom stereocenters. The lowest BCUT2D eigenvalue weighted by molar-refractivity contribution is -0.122. The molecule has 3 aromatic rings. The molecule has 0 aliphatic rings. The molecule has 0 aliphatic carbocycles. The Labute approximate surface area is 154 Å². The number of hydrogen-bond acceptors (Lipinski definition) is 4. The second-order valence-corrected chi connectivity index (χ2v) is 7.46. The fourth-order valence-corrected chi connectivity index (χ4v) is 3.91. The predicted molar refractivity (Wildman–Crippen MR) is 103 cm³/mol. The minimum absolute atomic E-state index is 0.0495. The van der Waals surface area contributed by atoms with Crippen molar-refractivity contribution in [3.63, 3.8) is 0 Å². The number of rotatable bonds is 6. The van der Waals surface area contributed by atoms with Crippen LogP contribution in [0.5, 0.6) is 0 Å². The van der Waals surface area contributed by atoms with Gasteiger partial charge in [0.1, 0.15) is 0 Å². The molecule has 0 unspecified atom stereocenters. The number of carbonyl (C=O) groups excluding carboxylic acids is 1. The number of carbonyl (C=O) groups is 1. The molecule has 0 fully saturated rings. The molecule has 136 valence electrons. The summed E-state index contributed by atoms with van der Waals surface area (Å²) in [4.78, 5) is 39.9. The average molecular weight is 371 g/mol. The molecule has 0 saturated heterocycles. The van der Waals surface area contributed by atoms with Gasteiger partial charge in [0.25, 0.3) is 5.56 Å². The second-order valence-electron chi connectivity index (χ2n) is 6.48. The number of para-hydroxylation sites is 1. The first-order chi connectivity index (χ1) is 12.5. The molecule has 0 saturated carbocycles. The zero-order chi connectivity index (χ0) is 18.7. The quantitative estimate of drug-likeness (QED) is 0.699. The summed E-state index contributed by atoms with van der Waals surface area (Å²) in [5, 5.41) is 5.48. The normalized spacial score (nSPS) is 12.4. The molecule has 1 aromatic carbocycles. The van der Waals surface area contributed by atoms with Crippen molar-refractivity contribution in [1.29, 1.82) is 0 Å². The summed E-state index contributed by atoms with van der Waals surface area (Å²) in [5.74, 6) is 0.133. The Morgan fingerprint density at radius 2 is 1.96 bits per heavy atom. The Morgan fingerprint density at radius 3 is 2.65 bits per heavy atom. The monoisotopic (exact) mass is 371 g/mol. The molecule has 3 rings (SSSR count). The van der Waals surface area contributed by atoms with Gasteiger partial charge in [0.2, 0.25) is 5.91 Å². The van der Waals surface area contributed by atoms with Crippen molar-refractivity contribution in [3.8, 4) is 0 Å². The van der Waals surface area contributed by atoms with Crippen LogP contribution >= 0.6 is 11.3 Å². The van der Waals surface area contributed by atoms with Crippen molar-refractivity contribution in [2.24, 2.45) is 5.92 Å². The number of hydrogen-bond donors (Lipinski definition) is 2. The average Bonchev–Trinajstić information content (AvgIpc) is 3.13. The van der Waals surface area contributed by atoms with Crippen molar-refractivity contribution in [3.05, 3.63) is 67.5 Å². The summed E-state index contributed by atoms with van der Waals surface area (Å²) in [6.45, 7) is 4.33. The van der Waals surface area contributed by atoms with Gasteiger partial charge >= 0.3 is 5.69 Å². The van der Waals surface area contributed by atoms with Gasteiger partial charge in [-0.05, 0) is 29.5 Å². The van der Waals surface area contributed by atoms with E-state index in [0.29, 0.717) is 10.9 Å². The first kappa shape index (κ1) is 18.1. The molecule has 2 N–H and O–H groups in total. The lowest BCUT2D eigenvalue weighted by Gasteiger charge is -2.21. The van der Waals surface area contributed by atoms with E-state index in [0.717, 1.165) is 4.88 Å². The number of benzene rings is 1. The Balaban J connectivity index is 1.77. The highest BCUT2D eigenvalue weighted by Crippen LogP contribution is 2.25. The van der Waals surface area contributed by atoms with Gasteiger partial charge in [-0.15, -0.1) is 11.3 Å². The van der Waals surface area contributed by atoms with E-state index in [1.54, 1.807) is 35.6 Å². The van der Waals surface area contributed by atoms with Crippen molar-refractivity contribution in [2.75, 3.05) is 0 Å². The number of thiophene rings is 1. The lowest BCUT2D eigenvalue weighted by atomic mass is 10.0. The first-order valence-electron chi connectivity index (χ1n) is 8.52. The maximum Gasteiger partial charge on any atom is 0.328 e. The smallest absolute Gasteiger partial charge is 0.328 e. The number of nitrogens with zero attached hydrogens (tertiary/aromatic N) is 1. The number of aromatic amines is 1. The summed E-state index contributed by atoms with van der Waals surface area (Å²) < 4.78 is 1.44. The molecule has 7 heteroatoms. The minimum atomic E-state index is -0.500. The molecule has 0 spiro atoms. The molecule has 0 bridgehead atoms. The molecule has 2 heterocycles. The maximum atomic E-state index is 12.4. The van der Waals surface area contributed by atoms with Crippen molar-refractivity contribution < 1.29 is 4.79 Å². The summed E-state index contributed by atoms with van der Waals surface area (Å²) in [5.41, 5.74) is -0.378. The van der Waals surface area contributed by atoms with Crippen LogP contribution in [0.3, 0.4) is 0 Å². The van der Waals surface area contributed by atoms with E-state index in [4.69, 9.17) is 0 Å². The van der Waals surface area contributed by atoms with Gasteiger partial charge in [0.15, 0.2) is 0 Å². The van der Waals surface area contributed by atoms with Crippen LogP contribution in [0.15, 0.2) is 51.4 Å². The summed E-state index contributed by atoms with van der Waals surface area (Å²) in [7, 11) is 0. The highest BCUT2D eigenvalue weighted by Gasteiger charge is 2.19. The number of H-pyrrole nitrogens is 1. The minimum Gasteiger partial charge on any atom is -0.348 e. The van der Waals surface area contributed by atoms with E-state index in [1.165, 1.54) is 4.57 Å². The number of aryl methyl sites for hydroxylation is 1. The third kappa shape index (κ3) is 3.77. The number of aromatic nitrogens is 2. The second kappa shape index (κ2) is 7.70.